The summed E-state index contributed by atoms with van der Waals surface area (Å²) in [4.78, 5) is 0. The fraction of sp³-hybridized carbons (Fsp3) is 0.500. The summed E-state index contributed by atoms with van der Waals surface area (Å²) < 4.78 is 11.3. The van der Waals surface area contributed by atoms with Gasteiger partial charge in [0.25, 0.3) is 0 Å². The second kappa shape index (κ2) is 7.72. The number of hydrogen-bond donors (Lipinski definition) is 1. The van der Waals surface area contributed by atoms with Gasteiger partial charge in [-0.2, -0.15) is 0 Å². The van der Waals surface area contributed by atoms with E-state index < -0.39 is 0 Å². The van der Waals surface area contributed by atoms with Gasteiger partial charge in [0.2, 0.25) is 0 Å². The topological polar surface area (TPSA) is 30.5 Å². The van der Waals surface area contributed by atoms with Gasteiger partial charge >= 0.3 is 0 Å². The molecular formula is C16H23NO2. The summed E-state index contributed by atoms with van der Waals surface area (Å²) in [6, 6.07) is 6.07. The first-order valence-corrected chi connectivity index (χ1v) is 7.14. The Morgan fingerprint density at radius 3 is 2.79 bits per heavy atom. The average Bonchev–Trinajstić information content (AvgIpc) is 2.67. The van der Waals surface area contributed by atoms with Crippen LogP contribution in [0.5, 0.6) is 11.5 Å². The average molecular weight is 261 g/mol. The van der Waals surface area contributed by atoms with Crippen molar-refractivity contribution in [1.29, 1.82) is 0 Å². The molecule has 0 aromatic heterocycles. The SMILES string of the molecule is C=CCCCCCNc1ccc2c(c1)OCCCO2. The molecule has 1 N–H and O–H groups in total. The van der Waals surface area contributed by atoms with E-state index in [1.54, 1.807) is 0 Å². The monoisotopic (exact) mass is 261 g/mol. The standard InChI is InChI=1S/C16H23NO2/c1-2-3-4-5-6-10-17-14-8-9-15-16(13-14)19-12-7-11-18-15/h2,8-9,13,17H,1,3-7,10-12H2. The van der Waals surface area contributed by atoms with Crippen LogP contribution in [0.25, 0.3) is 0 Å². The summed E-state index contributed by atoms with van der Waals surface area (Å²) in [5.74, 6) is 1.71. The van der Waals surface area contributed by atoms with E-state index in [0.29, 0.717) is 0 Å². The minimum Gasteiger partial charge on any atom is -0.490 e. The molecule has 0 radical (unpaired) electrons. The van der Waals surface area contributed by atoms with Gasteiger partial charge in [-0.1, -0.05) is 12.5 Å². The number of anilines is 1. The maximum Gasteiger partial charge on any atom is 0.163 e. The van der Waals surface area contributed by atoms with Gasteiger partial charge in [0, 0.05) is 24.7 Å². The molecule has 0 aliphatic carbocycles. The lowest BCUT2D eigenvalue weighted by Gasteiger charge is -2.11. The van der Waals surface area contributed by atoms with E-state index in [1.807, 2.05) is 18.2 Å². The summed E-state index contributed by atoms with van der Waals surface area (Å²) in [5, 5.41) is 3.43. The van der Waals surface area contributed by atoms with Gasteiger partial charge in [-0.25, -0.2) is 0 Å². The highest BCUT2D eigenvalue weighted by Crippen LogP contribution is 2.32. The van der Waals surface area contributed by atoms with Gasteiger partial charge in [0.15, 0.2) is 11.5 Å². The molecule has 0 atom stereocenters. The Hall–Kier alpha value is -1.64. The number of benzene rings is 1. The Balaban J connectivity index is 1.78. The van der Waals surface area contributed by atoms with Crippen LogP contribution in [-0.4, -0.2) is 19.8 Å². The number of rotatable bonds is 7. The van der Waals surface area contributed by atoms with Crippen LogP contribution >= 0.6 is 0 Å². The van der Waals surface area contributed by atoms with E-state index >= 15 is 0 Å². The van der Waals surface area contributed by atoms with Crippen molar-refractivity contribution in [2.24, 2.45) is 0 Å². The van der Waals surface area contributed by atoms with Gasteiger partial charge < -0.3 is 14.8 Å². The summed E-state index contributed by atoms with van der Waals surface area (Å²) in [6.07, 6.45) is 7.69. The first-order chi connectivity index (χ1) is 9.40. The van der Waals surface area contributed by atoms with E-state index in [4.69, 9.17) is 9.47 Å². The van der Waals surface area contributed by atoms with Crippen molar-refractivity contribution >= 4 is 5.69 Å². The number of fused-ring (bicyclic) bond motifs is 1. The van der Waals surface area contributed by atoms with Crippen LogP contribution in [-0.2, 0) is 0 Å². The maximum absolute atomic E-state index is 5.67. The van der Waals surface area contributed by atoms with Crippen LogP contribution in [0.15, 0.2) is 30.9 Å². The number of nitrogens with one attached hydrogen (secondary N) is 1. The first-order valence-electron chi connectivity index (χ1n) is 7.14. The van der Waals surface area contributed by atoms with E-state index in [0.717, 1.165) is 49.8 Å². The molecular weight excluding hydrogens is 238 g/mol. The van der Waals surface area contributed by atoms with Gasteiger partial charge in [0.05, 0.1) is 13.2 Å². The summed E-state index contributed by atoms with van der Waals surface area (Å²) in [7, 11) is 0. The lowest BCUT2D eigenvalue weighted by Crippen LogP contribution is -2.02. The molecule has 0 spiro atoms. The molecule has 0 saturated carbocycles. The van der Waals surface area contributed by atoms with Crippen molar-refractivity contribution in [2.75, 3.05) is 25.1 Å². The Labute approximate surface area is 115 Å². The minimum absolute atomic E-state index is 0.734. The minimum atomic E-state index is 0.734. The van der Waals surface area contributed by atoms with Crippen molar-refractivity contribution in [3.8, 4) is 11.5 Å². The summed E-state index contributed by atoms with van der Waals surface area (Å²) in [5.41, 5.74) is 1.10. The Morgan fingerprint density at radius 2 is 1.95 bits per heavy atom. The van der Waals surface area contributed by atoms with Crippen molar-refractivity contribution in [3.05, 3.63) is 30.9 Å². The van der Waals surface area contributed by atoms with E-state index in [2.05, 4.69) is 18.0 Å². The van der Waals surface area contributed by atoms with Crippen LogP contribution < -0.4 is 14.8 Å². The molecule has 3 heteroatoms. The molecule has 1 aliphatic heterocycles. The fourth-order valence-corrected chi connectivity index (χ4v) is 2.10. The highest BCUT2D eigenvalue weighted by molar-refractivity contribution is 5.54. The molecule has 0 unspecified atom stereocenters. The van der Waals surface area contributed by atoms with Gasteiger partial charge in [-0.05, 0) is 31.4 Å². The number of unbranched alkanes of at least 4 members (excludes halogenated alkanes) is 3. The predicted molar refractivity (Wildman–Crippen MR) is 79.2 cm³/mol. The van der Waals surface area contributed by atoms with Crippen molar-refractivity contribution in [1.82, 2.24) is 0 Å². The molecule has 1 aliphatic rings. The van der Waals surface area contributed by atoms with E-state index in [-0.39, 0.29) is 0 Å². The second-order valence-electron chi connectivity index (χ2n) is 4.78. The summed E-state index contributed by atoms with van der Waals surface area (Å²) >= 11 is 0. The molecule has 1 aromatic carbocycles. The third-order valence-electron chi connectivity index (χ3n) is 3.16. The first kappa shape index (κ1) is 13.8. The van der Waals surface area contributed by atoms with Crippen LogP contribution in [0.4, 0.5) is 5.69 Å². The maximum atomic E-state index is 5.67. The quantitative estimate of drug-likeness (QED) is 0.594. The van der Waals surface area contributed by atoms with Crippen LogP contribution in [0.2, 0.25) is 0 Å². The Bertz CT molecular complexity index is 404. The predicted octanol–water partition coefficient (Wildman–Crippen LogP) is 4.01. The lowest BCUT2D eigenvalue weighted by atomic mass is 10.2. The normalized spacial score (nSPS) is 13.7. The van der Waals surface area contributed by atoms with E-state index in [9.17, 15) is 0 Å². The molecule has 3 nitrogen and oxygen atoms in total. The molecule has 0 saturated heterocycles. The molecule has 0 bridgehead atoms. The molecule has 0 fully saturated rings. The Kier molecular flexibility index (Phi) is 5.60. The highest BCUT2D eigenvalue weighted by Gasteiger charge is 2.10. The zero-order valence-electron chi connectivity index (χ0n) is 11.5. The third kappa shape index (κ3) is 4.51. The second-order valence-corrected chi connectivity index (χ2v) is 4.78. The van der Waals surface area contributed by atoms with Gasteiger partial charge in [-0.3, -0.25) is 0 Å². The smallest absolute Gasteiger partial charge is 0.163 e. The van der Waals surface area contributed by atoms with Crippen LogP contribution in [0.1, 0.15) is 32.1 Å². The van der Waals surface area contributed by atoms with Crippen LogP contribution in [0.3, 0.4) is 0 Å². The molecule has 19 heavy (non-hydrogen) atoms. The zero-order valence-corrected chi connectivity index (χ0v) is 11.5. The van der Waals surface area contributed by atoms with Crippen molar-refractivity contribution in [3.63, 3.8) is 0 Å². The van der Waals surface area contributed by atoms with Crippen molar-refractivity contribution < 1.29 is 9.47 Å². The third-order valence-corrected chi connectivity index (χ3v) is 3.16. The fourth-order valence-electron chi connectivity index (χ4n) is 2.10. The Morgan fingerprint density at radius 1 is 1.11 bits per heavy atom. The number of ether oxygens (including phenoxy) is 2. The summed E-state index contributed by atoms with van der Waals surface area (Å²) in [6.45, 7) is 6.20. The number of hydrogen-bond acceptors (Lipinski definition) is 3. The van der Waals surface area contributed by atoms with Gasteiger partial charge in [-0.15, -0.1) is 6.58 Å². The zero-order chi connectivity index (χ0) is 13.3. The largest absolute Gasteiger partial charge is 0.490 e. The molecule has 1 heterocycles. The van der Waals surface area contributed by atoms with E-state index in [1.165, 1.54) is 19.3 Å². The molecule has 0 amide bonds. The van der Waals surface area contributed by atoms with Crippen molar-refractivity contribution in [2.45, 2.75) is 32.1 Å². The highest BCUT2D eigenvalue weighted by atomic mass is 16.5. The lowest BCUT2D eigenvalue weighted by molar-refractivity contribution is 0.297. The molecule has 104 valence electrons. The van der Waals surface area contributed by atoms with Crippen LogP contribution in [0, 0.1) is 0 Å². The van der Waals surface area contributed by atoms with Gasteiger partial charge in [0.1, 0.15) is 0 Å². The number of allylic oxidation sites excluding steroid dienone is 1. The molecule has 2 rings (SSSR count). The molecule has 1 aromatic rings.